The highest BCUT2D eigenvalue weighted by molar-refractivity contribution is 9.10. The number of hydrogen-bond donors (Lipinski definition) is 1. The number of halogens is 1. The Labute approximate surface area is 110 Å². The second-order valence-electron chi connectivity index (χ2n) is 3.83. The van der Waals surface area contributed by atoms with Crippen LogP contribution >= 0.6 is 15.9 Å². The number of methoxy groups -OCH3 is 1. The van der Waals surface area contributed by atoms with Gasteiger partial charge in [0, 0.05) is 16.7 Å². The van der Waals surface area contributed by atoms with Crippen molar-refractivity contribution in [2.45, 2.75) is 32.4 Å². The van der Waals surface area contributed by atoms with Gasteiger partial charge in [-0.3, -0.25) is 10.3 Å². The average molecular weight is 301 g/mol. The lowest BCUT2D eigenvalue weighted by molar-refractivity contribution is -0.143. The molecule has 5 heteroatoms. The number of nitrogens with zero attached hydrogens (tertiary/aromatic N) is 1. The van der Waals surface area contributed by atoms with Crippen molar-refractivity contribution in [1.29, 1.82) is 0 Å². The van der Waals surface area contributed by atoms with Crippen LogP contribution in [0.15, 0.2) is 22.8 Å². The molecule has 0 saturated heterocycles. The van der Waals surface area contributed by atoms with Crippen molar-refractivity contribution in [2.75, 3.05) is 7.11 Å². The number of carbonyl (C=O) groups is 1. The Hall–Kier alpha value is -0.940. The zero-order chi connectivity index (χ0) is 12.8. The fourth-order valence-corrected chi connectivity index (χ4v) is 1.59. The number of carbonyl (C=O) groups excluding carboxylic acids is 1. The third-order valence-corrected chi connectivity index (χ3v) is 3.02. The molecule has 0 aliphatic heterocycles. The summed E-state index contributed by atoms with van der Waals surface area (Å²) in [6.07, 6.45) is 2.60. The predicted octanol–water partition coefficient (Wildman–Crippen LogP) is 2.45. The van der Waals surface area contributed by atoms with E-state index < -0.39 is 6.04 Å². The number of ether oxygens (including phenoxy) is 1. The number of hydrogen-bond acceptors (Lipinski definition) is 4. The second kappa shape index (κ2) is 6.71. The number of nitrogens with one attached hydrogen (secondary N) is 1. The molecule has 1 N–H and O–H groups in total. The SMILES string of the molecule is CCC(C)NC(C(=O)OC)c1ccc(Br)cn1. The minimum atomic E-state index is -0.511. The van der Waals surface area contributed by atoms with Gasteiger partial charge in [-0.1, -0.05) is 6.92 Å². The molecule has 0 spiro atoms. The maximum atomic E-state index is 11.7. The molecule has 2 unspecified atom stereocenters. The Kier molecular flexibility index (Phi) is 5.58. The van der Waals surface area contributed by atoms with E-state index in [1.165, 1.54) is 7.11 Å². The maximum absolute atomic E-state index is 11.7. The summed E-state index contributed by atoms with van der Waals surface area (Å²) in [5.41, 5.74) is 0.667. The Morgan fingerprint density at radius 3 is 2.76 bits per heavy atom. The van der Waals surface area contributed by atoms with E-state index in [-0.39, 0.29) is 12.0 Å². The van der Waals surface area contributed by atoms with Crippen molar-refractivity contribution >= 4 is 21.9 Å². The first-order chi connectivity index (χ1) is 8.08. The number of pyridine rings is 1. The Balaban J connectivity index is 2.89. The molecular formula is C12H17BrN2O2. The summed E-state index contributed by atoms with van der Waals surface area (Å²) in [5, 5.41) is 3.20. The van der Waals surface area contributed by atoms with Crippen molar-refractivity contribution in [1.82, 2.24) is 10.3 Å². The van der Waals surface area contributed by atoms with Gasteiger partial charge in [0.15, 0.2) is 0 Å². The molecule has 1 aromatic rings. The molecule has 1 heterocycles. The van der Waals surface area contributed by atoms with Crippen molar-refractivity contribution < 1.29 is 9.53 Å². The molecule has 4 nitrogen and oxygen atoms in total. The van der Waals surface area contributed by atoms with Gasteiger partial charge in [-0.15, -0.1) is 0 Å². The van der Waals surface area contributed by atoms with Crippen LogP contribution in [0.2, 0.25) is 0 Å². The first-order valence-electron chi connectivity index (χ1n) is 5.53. The quantitative estimate of drug-likeness (QED) is 0.849. The first kappa shape index (κ1) is 14.1. The summed E-state index contributed by atoms with van der Waals surface area (Å²) < 4.78 is 5.67. The van der Waals surface area contributed by atoms with Gasteiger partial charge in [0.1, 0.15) is 6.04 Å². The van der Waals surface area contributed by atoms with Gasteiger partial charge in [0.2, 0.25) is 0 Å². The summed E-state index contributed by atoms with van der Waals surface area (Å²) in [6, 6.07) is 3.38. The number of aromatic nitrogens is 1. The van der Waals surface area contributed by atoms with Crippen molar-refractivity contribution in [3.63, 3.8) is 0 Å². The van der Waals surface area contributed by atoms with Crippen LogP contribution in [-0.2, 0) is 9.53 Å². The molecule has 0 amide bonds. The molecule has 0 fully saturated rings. The first-order valence-corrected chi connectivity index (χ1v) is 6.33. The Bertz CT molecular complexity index is 367. The van der Waals surface area contributed by atoms with Crippen LogP contribution in [0.4, 0.5) is 0 Å². The largest absolute Gasteiger partial charge is 0.468 e. The maximum Gasteiger partial charge on any atom is 0.329 e. The van der Waals surface area contributed by atoms with Gasteiger partial charge in [0.25, 0.3) is 0 Å². The van der Waals surface area contributed by atoms with Gasteiger partial charge in [-0.2, -0.15) is 0 Å². The van der Waals surface area contributed by atoms with Gasteiger partial charge < -0.3 is 4.74 Å². The number of esters is 1. The zero-order valence-electron chi connectivity index (χ0n) is 10.2. The normalized spacial score (nSPS) is 14.1. The Morgan fingerprint density at radius 1 is 1.59 bits per heavy atom. The molecule has 0 bridgehead atoms. The summed E-state index contributed by atoms with van der Waals surface area (Å²) >= 11 is 3.31. The van der Waals surface area contributed by atoms with E-state index in [2.05, 4.69) is 33.2 Å². The van der Waals surface area contributed by atoms with Crippen LogP contribution in [0.5, 0.6) is 0 Å². The van der Waals surface area contributed by atoms with Crippen molar-refractivity contribution in [3.8, 4) is 0 Å². The lowest BCUT2D eigenvalue weighted by atomic mass is 10.1. The molecule has 1 aromatic heterocycles. The summed E-state index contributed by atoms with van der Waals surface area (Å²) in [5.74, 6) is -0.319. The third-order valence-electron chi connectivity index (χ3n) is 2.55. The summed E-state index contributed by atoms with van der Waals surface area (Å²) in [7, 11) is 1.38. The van der Waals surface area contributed by atoms with Crippen molar-refractivity contribution in [2.24, 2.45) is 0 Å². The van der Waals surface area contributed by atoms with E-state index in [4.69, 9.17) is 4.74 Å². The van der Waals surface area contributed by atoms with Crippen LogP contribution in [0.3, 0.4) is 0 Å². The molecular weight excluding hydrogens is 284 g/mol. The molecule has 0 saturated carbocycles. The molecule has 1 rings (SSSR count). The predicted molar refractivity (Wildman–Crippen MR) is 69.6 cm³/mol. The topological polar surface area (TPSA) is 51.2 Å². The Morgan fingerprint density at radius 2 is 2.29 bits per heavy atom. The molecule has 17 heavy (non-hydrogen) atoms. The molecule has 2 atom stereocenters. The van der Waals surface area contributed by atoms with Gasteiger partial charge >= 0.3 is 5.97 Å². The fourth-order valence-electron chi connectivity index (χ4n) is 1.35. The zero-order valence-corrected chi connectivity index (χ0v) is 11.8. The highest BCUT2D eigenvalue weighted by Gasteiger charge is 2.23. The lowest BCUT2D eigenvalue weighted by Crippen LogP contribution is -2.36. The average Bonchev–Trinajstić information content (AvgIpc) is 2.36. The van der Waals surface area contributed by atoms with Crippen molar-refractivity contribution in [3.05, 3.63) is 28.5 Å². The summed E-state index contributed by atoms with van der Waals surface area (Å²) in [4.78, 5) is 15.9. The lowest BCUT2D eigenvalue weighted by Gasteiger charge is -2.20. The van der Waals surface area contributed by atoms with Crippen LogP contribution < -0.4 is 5.32 Å². The van der Waals surface area contributed by atoms with E-state index in [1.807, 2.05) is 13.0 Å². The fraction of sp³-hybridized carbons (Fsp3) is 0.500. The standard InChI is InChI=1S/C12H17BrN2O2/c1-4-8(2)15-11(12(16)17-3)10-6-5-9(13)7-14-10/h5-8,11,15H,4H2,1-3H3. The minimum Gasteiger partial charge on any atom is -0.468 e. The van der Waals surface area contributed by atoms with E-state index >= 15 is 0 Å². The third kappa shape index (κ3) is 4.09. The van der Waals surface area contributed by atoms with E-state index in [0.717, 1.165) is 10.9 Å². The van der Waals surface area contributed by atoms with E-state index in [1.54, 1.807) is 12.3 Å². The van der Waals surface area contributed by atoms with Gasteiger partial charge in [-0.25, -0.2) is 4.79 Å². The second-order valence-corrected chi connectivity index (χ2v) is 4.75. The van der Waals surface area contributed by atoms with Crippen LogP contribution in [-0.4, -0.2) is 24.1 Å². The highest BCUT2D eigenvalue weighted by atomic mass is 79.9. The monoisotopic (exact) mass is 300 g/mol. The van der Waals surface area contributed by atoms with Crippen LogP contribution in [0.25, 0.3) is 0 Å². The molecule has 0 radical (unpaired) electrons. The van der Waals surface area contributed by atoms with Crippen LogP contribution in [0, 0.1) is 0 Å². The van der Waals surface area contributed by atoms with Crippen LogP contribution in [0.1, 0.15) is 32.0 Å². The summed E-state index contributed by atoms with van der Waals surface area (Å²) in [6.45, 7) is 4.08. The minimum absolute atomic E-state index is 0.226. The van der Waals surface area contributed by atoms with E-state index in [0.29, 0.717) is 5.69 Å². The number of rotatable bonds is 5. The molecule has 94 valence electrons. The smallest absolute Gasteiger partial charge is 0.329 e. The molecule has 0 aliphatic rings. The highest BCUT2D eigenvalue weighted by Crippen LogP contribution is 2.16. The molecule has 0 aliphatic carbocycles. The van der Waals surface area contributed by atoms with Gasteiger partial charge in [0.05, 0.1) is 12.8 Å². The van der Waals surface area contributed by atoms with E-state index in [9.17, 15) is 4.79 Å². The molecule has 0 aromatic carbocycles. The van der Waals surface area contributed by atoms with Gasteiger partial charge in [-0.05, 0) is 41.4 Å².